The van der Waals surface area contributed by atoms with Crippen LogP contribution in [0.25, 0.3) is 10.9 Å². The number of fused-ring (bicyclic) bond motifs is 2. The molecule has 8 nitrogen and oxygen atoms in total. The van der Waals surface area contributed by atoms with E-state index in [4.69, 9.17) is 4.74 Å². The fourth-order valence-corrected chi connectivity index (χ4v) is 6.32. The van der Waals surface area contributed by atoms with Crippen LogP contribution in [0.4, 0.5) is 0 Å². The molecule has 1 saturated carbocycles. The van der Waals surface area contributed by atoms with Gasteiger partial charge in [-0.3, -0.25) is 19.2 Å². The number of allylic oxidation sites excluding steroid dienone is 1. The maximum Gasteiger partial charge on any atom is 0.271 e. The first-order valence-corrected chi connectivity index (χ1v) is 13.4. The number of rotatable bonds is 8. The van der Waals surface area contributed by atoms with Crippen molar-refractivity contribution in [1.82, 2.24) is 15.2 Å². The van der Waals surface area contributed by atoms with E-state index in [0.29, 0.717) is 30.8 Å². The highest BCUT2D eigenvalue weighted by Crippen LogP contribution is 2.39. The smallest absolute Gasteiger partial charge is 0.271 e. The van der Waals surface area contributed by atoms with Gasteiger partial charge in [-0.05, 0) is 49.8 Å². The Bertz CT molecular complexity index is 1250. The van der Waals surface area contributed by atoms with Crippen LogP contribution < -0.4 is 10.1 Å². The van der Waals surface area contributed by atoms with Gasteiger partial charge in [0.2, 0.25) is 5.91 Å². The van der Waals surface area contributed by atoms with Gasteiger partial charge in [-0.2, -0.15) is 0 Å². The minimum atomic E-state index is -0.719. The van der Waals surface area contributed by atoms with Crippen molar-refractivity contribution in [3.63, 3.8) is 0 Å². The number of hydrogen-bond donors (Lipinski definition) is 2. The predicted molar refractivity (Wildman–Crippen MR) is 139 cm³/mol. The molecule has 8 heteroatoms. The zero-order valence-electron chi connectivity index (χ0n) is 21.5. The fraction of sp³-hybridized carbons (Fsp3) is 0.517. The maximum absolute atomic E-state index is 13.8. The minimum absolute atomic E-state index is 0.0798. The Kier molecular flexibility index (Phi) is 7.17. The molecule has 1 aromatic heterocycles. The highest BCUT2D eigenvalue weighted by Gasteiger charge is 2.48. The van der Waals surface area contributed by atoms with E-state index in [1.54, 1.807) is 25.0 Å². The molecule has 196 valence electrons. The third kappa shape index (κ3) is 4.81. The Morgan fingerprint density at radius 3 is 2.84 bits per heavy atom. The van der Waals surface area contributed by atoms with E-state index >= 15 is 0 Å². The molecular formula is C29H35N3O5. The molecule has 2 heterocycles. The van der Waals surface area contributed by atoms with Gasteiger partial charge in [-0.15, -0.1) is 0 Å². The SMILES string of the molecule is CCC(=O)C(CC1CCCCC1=O)NC(=O)C1C2C=CCC2CN1C(=O)c1cc2c(OC)cccc2[nH]1. The average Bonchev–Trinajstić information content (AvgIpc) is 3.62. The van der Waals surface area contributed by atoms with Crippen molar-refractivity contribution < 1.29 is 23.9 Å². The summed E-state index contributed by atoms with van der Waals surface area (Å²) in [6, 6.07) is 5.92. The van der Waals surface area contributed by atoms with Gasteiger partial charge >= 0.3 is 0 Å². The number of likely N-dealkylation sites (tertiary alicyclic amines) is 1. The molecule has 2 N–H and O–H groups in total. The van der Waals surface area contributed by atoms with Gasteiger partial charge in [-0.1, -0.05) is 31.6 Å². The monoisotopic (exact) mass is 505 g/mol. The average molecular weight is 506 g/mol. The van der Waals surface area contributed by atoms with E-state index in [0.717, 1.165) is 36.6 Å². The number of nitrogens with one attached hydrogen (secondary N) is 2. The molecule has 2 amide bonds. The van der Waals surface area contributed by atoms with Crippen LogP contribution in [0.15, 0.2) is 36.4 Å². The molecular weight excluding hydrogens is 470 g/mol. The van der Waals surface area contributed by atoms with Crippen LogP contribution in [0.2, 0.25) is 0 Å². The Labute approximate surface area is 216 Å². The highest BCUT2D eigenvalue weighted by atomic mass is 16.5. The number of nitrogens with zero attached hydrogens (tertiary/aromatic N) is 1. The number of hydrogen-bond acceptors (Lipinski definition) is 5. The quantitative estimate of drug-likeness (QED) is 0.531. The zero-order valence-corrected chi connectivity index (χ0v) is 21.5. The Balaban J connectivity index is 1.39. The molecule has 2 aliphatic carbocycles. The van der Waals surface area contributed by atoms with E-state index in [2.05, 4.69) is 16.4 Å². The Morgan fingerprint density at radius 1 is 1.24 bits per heavy atom. The number of amides is 2. The fourth-order valence-electron chi connectivity index (χ4n) is 6.32. The zero-order chi connectivity index (χ0) is 26.1. The number of Topliss-reactive ketones (excluding diaryl/α,β-unsaturated/α-hetero) is 2. The summed E-state index contributed by atoms with van der Waals surface area (Å²) in [5.74, 6) is 0.0651. The summed E-state index contributed by atoms with van der Waals surface area (Å²) in [7, 11) is 1.59. The molecule has 5 atom stereocenters. The second-order valence-electron chi connectivity index (χ2n) is 10.5. The summed E-state index contributed by atoms with van der Waals surface area (Å²) in [4.78, 5) is 57.6. The van der Waals surface area contributed by atoms with Crippen LogP contribution in [-0.2, 0) is 14.4 Å². The van der Waals surface area contributed by atoms with Crippen molar-refractivity contribution in [3.05, 3.63) is 42.1 Å². The predicted octanol–water partition coefficient (Wildman–Crippen LogP) is 3.81. The van der Waals surface area contributed by atoms with Gasteiger partial charge in [0.1, 0.15) is 23.3 Å². The van der Waals surface area contributed by atoms with Crippen molar-refractivity contribution >= 4 is 34.3 Å². The number of carbonyl (C=O) groups excluding carboxylic acids is 4. The molecule has 1 aromatic carbocycles. The molecule has 5 unspecified atom stereocenters. The van der Waals surface area contributed by atoms with Crippen LogP contribution in [-0.4, -0.2) is 59.0 Å². The molecule has 1 saturated heterocycles. The van der Waals surface area contributed by atoms with Crippen molar-refractivity contribution in [2.24, 2.45) is 17.8 Å². The van der Waals surface area contributed by atoms with E-state index in [-0.39, 0.29) is 47.6 Å². The van der Waals surface area contributed by atoms with E-state index in [1.165, 1.54) is 0 Å². The number of benzene rings is 1. The number of aromatic amines is 1. The summed E-state index contributed by atoms with van der Waals surface area (Å²) in [5, 5.41) is 3.78. The van der Waals surface area contributed by atoms with E-state index in [1.807, 2.05) is 24.3 Å². The molecule has 0 spiro atoms. The van der Waals surface area contributed by atoms with Crippen LogP contribution in [0.5, 0.6) is 5.75 Å². The number of H-pyrrole nitrogens is 1. The van der Waals surface area contributed by atoms with Crippen LogP contribution in [0.1, 0.15) is 62.4 Å². The number of carbonyl (C=O) groups is 4. The number of methoxy groups -OCH3 is 1. The lowest BCUT2D eigenvalue weighted by Gasteiger charge is -2.30. The molecule has 2 fully saturated rings. The lowest BCUT2D eigenvalue weighted by atomic mass is 9.82. The highest BCUT2D eigenvalue weighted by molar-refractivity contribution is 6.02. The van der Waals surface area contributed by atoms with Gasteiger partial charge in [0.25, 0.3) is 5.91 Å². The van der Waals surface area contributed by atoms with Crippen LogP contribution in [0, 0.1) is 17.8 Å². The molecule has 1 aliphatic heterocycles. The first-order chi connectivity index (χ1) is 17.9. The van der Waals surface area contributed by atoms with Gasteiger partial charge in [-0.25, -0.2) is 0 Å². The summed E-state index contributed by atoms with van der Waals surface area (Å²) in [5.41, 5.74) is 1.18. The largest absolute Gasteiger partial charge is 0.496 e. The van der Waals surface area contributed by atoms with Crippen LogP contribution >= 0.6 is 0 Å². The number of ether oxygens (including phenoxy) is 1. The second kappa shape index (κ2) is 10.5. The standard InChI is InChI=1S/C29H35N3O5/c1-3-24(33)22(14-17-8-4-5-12-25(17)34)31-28(35)27-19-10-6-9-18(19)16-32(27)29(36)23-15-20-21(30-23)11-7-13-26(20)37-2/h6-7,10-11,13,15,17-19,22,27,30H,3-5,8-9,12,14,16H2,1-2H3,(H,31,35). The summed E-state index contributed by atoms with van der Waals surface area (Å²) < 4.78 is 5.44. The minimum Gasteiger partial charge on any atom is -0.496 e. The van der Waals surface area contributed by atoms with E-state index < -0.39 is 12.1 Å². The van der Waals surface area contributed by atoms with Crippen molar-refractivity contribution in [2.45, 2.75) is 64.0 Å². The van der Waals surface area contributed by atoms with Gasteiger partial charge < -0.3 is 19.9 Å². The van der Waals surface area contributed by atoms with Gasteiger partial charge in [0.15, 0.2) is 5.78 Å². The van der Waals surface area contributed by atoms with Gasteiger partial charge in [0.05, 0.1) is 13.2 Å². The molecule has 37 heavy (non-hydrogen) atoms. The second-order valence-corrected chi connectivity index (χ2v) is 10.5. The third-order valence-corrected chi connectivity index (χ3v) is 8.33. The third-order valence-electron chi connectivity index (χ3n) is 8.33. The number of ketones is 2. The van der Waals surface area contributed by atoms with Crippen molar-refractivity contribution in [3.8, 4) is 5.75 Å². The molecule has 0 radical (unpaired) electrons. The molecule has 2 aromatic rings. The Morgan fingerprint density at radius 2 is 2.08 bits per heavy atom. The summed E-state index contributed by atoms with van der Waals surface area (Å²) in [6.45, 7) is 2.24. The molecule has 0 bridgehead atoms. The van der Waals surface area contributed by atoms with E-state index in [9.17, 15) is 19.2 Å². The number of aromatic nitrogens is 1. The Hall–Kier alpha value is -3.42. The molecule has 3 aliphatic rings. The topological polar surface area (TPSA) is 109 Å². The lowest BCUT2D eigenvalue weighted by molar-refractivity contribution is -0.132. The summed E-state index contributed by atoms with van der Waals surface area (Å²) >= 11 is 0. The summed E-state index contributed by atoms with van der Waals surface area (Å²) in [6.07, 6.45) is 8.68. The normalized spacial score (nSPS) is 25.8. The van der Waals surface area contributed by atoms with Crippen molar-refractivity contribution in [2.75, 3.05) is 13.7 Å². The van der Waals surface area contributed by atoms with Gasteiger partial charge in [0, 0.05) is 42.1 Å². The van der Waals surface area contributed by atoms with Crippen LogP contribution in [0.3, 0.4) is 0 Å². The molecule has 5 rings (SSSR count). The lowest BCUT2D eigenvalue weighted by Crippen LogP contribution is -2.53. The van der Waals surface area contributed by atoms with Crippen molar-refractivity contribution in [1.29, 1.82) is 0 Å². The first kappa shape index (κ1) is 25.2. The maximum atomic E-state index is 13.8. The first-order valence-electron chi connectivity index (χ1n) is 13.4.